The van der Waals surface area contributed by atoms with Crippen LogP contribution in [0, 0.1) is 20.8 Å². The number of carboxylic acids is 1. The second-order valence-electron chi connectivity index (χ2n) is 6.77. The second-order valence-corrected chi connectivity index (χ2v) is 7.98. The number of aromatic nitrogens is 2. The van der Waals surface area contributed by atoms with E-state index >= 15 is 0 Å². The number of nitrogens with zero attached hydrogens (tertiary/aromatic N) is 2. The van der Waals surface area contributed by atoms with Gasteiger partial charge in [0.2, 0.25) is 0 Å². The van der Waals surface area contributed by atoms with E-state index in [0.29, 0.717) is 16.0 Å². The van der Waals surface area contributed by atoms with Gasteiger partial charge in [-0.3, -0.25) is 9.36 Å². The zero-order valence-electron chi connectivity index (χ0n) is 14.9. The molecule has 1 aromatic carbocycles. The standard InChI is InChI=1S/C19H20N2O3S/c1-10-7-6-8-13(9-10)15-20-16-14(11(2)12(3)25-16)17(22)21(15)19(4,5)18(23)24/h6-9H,1-5H3,(H,23,24). The van der Waals surface area contributed by atoms with E-state index in [0.717, 1.165) is 21.6 Å². The Labute approximate surface area is 149 Å². The summed E-state index contributed by atoms with van der Waals surface area (Å²) >= 11 is 1.46. The van der Waals surface area contributed by atoms with E-state index in [1.54, 1.807) is 0 Å². The lowest BCUT2D eigenvalue weighted by molar-refractivity contribution is -0.145. The molecular weight excluding hydrogens is 336 g/mol. The number of carbonyl (C=O) groups is 1. The van der Waals surface area contributed by atoms with E-state index in [4.69, 9.17) is 4.98 Å². The third-order valence-electron chi connectivity index (χ3n) is 4.56. The van der Waals surface area contributed by atoms with Crippen LogP contribution in [0.3, 0.4) is 0 Å². The molecule has 0 bridgehead atoms. The average Bonchev–Trinajstić information content (AvgIpc) is 2.81. The first-order chi connectivity index (χ1) is 11.6. The number of hydrogen-bond donors (Lipinski definition) is 1. The third-order valence-corrected chi connectivity index (χ3v) is 5.66. The summed E-state index contributed by atoms with van der Waals surface area (Å²) < 4.78 is 1.31. The van der Waals surface area contributed by atoms with Gasteiger partial charge in [-0.05, 0) is 46.2 Å². The van der Waals surface area contributed by atoms with Gasteiger partial charge in [-0.2, -0.15) is 0 Å². The number of aliphatic carboxylic acids is 1. The molecule has 3 aromatic rings. The van der Waals surface area contributed by atoms with Gasteiger partial charge in [0.25, 0.3) is 5.56 Å². The molecule has 130 valence electrons. The number of carboxylic acid groups (broad SMARTS) is 1. The Morgan fingerprint density at radius 2 is 1.92 bits per heavy atom. The minimum atomic E-state index is -1.42. The van der Waals surface area contributed by atoms with Crippen molar-refractivity contribution in [2.45, 2.75) is 40.2 Å². The summed E-state index contributed by atoms with van der Waals surface area (Å²) in [5, 5.41) is 10.2. The van der Waals surface area contributed by atoms with Gasteiger partial charge in [0.1, 0.15) is 16.2 Å². The lowest BCUT2D eigenvalue weighted by Crippen LogP contribution is -2.44. The molecule has 25 heavy (non-hydrogen) atoms. The summed E-state index contributed by atoms with van der Waals surface area (Å²) in [4.78, 5) is 31.5. The van der Waals surface area contributed by atoms with Gasteiger partial charge in [-0.1, -0.05) is 23.8 Å². The van der Waals surface area contributed by atoms with Crippen molar-refractivity contribution in [1.82, 2.24) is 9.55 Å². The molecule has 0 atom stereocenters. The smallest absolute Gasteiger partial charge is 0.329 e. The SMILES string of the molecule is Cc1cccc(-c2nc3sc(C)c(C)c3c(=O)n2C(C)(C)C(=O)O)c1. The Morgan fingerprint density at radius 1 is 1.24 bits per heavy atom. The van der Waals surface area contributed by atoms with E-state index in [1.165, 1.54) is 29.8 Å². The number of hydrogen-bond acceptors (Lipinski definition) is 4. The highest BCUT2D eigenvalue weighted by Crippen LogP contribution is 2.31. The van der Waals surface area contributed by atoms with Gasteiger partial charge in [-0.15, -0.1) is 11.3 Å². The molecule has 2 aromatic heterocycles. The molecule has 0 unspecified atom stereocenters. The normalized spacial score (nSPS) is 11.9. The number of rotatable bonds is 3. The van der Waals surface area contributed by atoms with E-state index in [9.17, 15) is 14.7 Å². The van der Waals surface area contributed by atoms with Crippen LogP contribution in [0.4, 0.5) is 0 Å². The molecule has 0 saturated heterocycles. The van der Waals surface area contributed by atoms with Gasteiger partial charge in [0.05, 0.1) is 5.39 Å². The summed E-state index contributed by atoms with van der Waals surface area (Å²) in [5.74, 6) is -0.691. The van der Waals surface area contributed by atoms with Crippen LogP contribution in [0.2, 0.25) is 0 Å². The number of thiophene rings is 1. The Morgan fingerprint density at radius 3 is 2.52 bits per heavy atom. The van der Waals surface area contributed by atoms with Crippen LogP contribution < -0.4 is 5.56 Å². The molecule has 6 heteroatoms. The molecule has 2 heterocycles. The molecule has 5 nitrogen and oxygen atoms in total. The highest BCUT2D eigenvalue weighted by atomic mass is 32.1. The predicted octanol–water partition coefficient (Wildman–Crippen LogP) is 3.87. The van der Waals surface area contributed by atoms with Crippen molar-refractivity contribution in [3.8, 4) is 11.4 Å². The van der Waals surface area contributed by atoms with Crippen LogP contribution in [0.1, 0.15) is 29.9 Å². The minimum absolute atomic E-state index is 0.309. The highest BCUT2D eigenvalue weighted by Gasteiger charge is 2.34. The summed E-state index contributed by atoms with van der Waals surface area (Å²) in [6.45, 7) is 8.82. The monoisotopic (exact) mass is 356 g/mol. The average molecular weight is 356 g/mol. The Bertz CT molecular complexity index is 1060. The second kappa shape index (κ2) is 5.81. The zero-order valence-corrected chi connectivity index (χ0v) is 15.7. The van der Waals surface area contributed by atoms with Crippen molar-refractivity contribution in [1.29, 1.82) is 0 Å². The van der Waals surface area contributed by atoms with E-state index in [1.807, 2.05) is 45.0 Å². The van der Waals surface area contributed by atoms with Crippen molar-refractivity contribution in [3.05, 3.63) is 50.6 Å². The zero-order chi connectivity index (χ0) is 18.5. The van der Waals surface area contributed by atoms with Crippen LogP contribution in [-0.2, 0) is 10.3 Å². The molecule has 0 spiro atoms. The van der Waals surface area contributed by atoms with Crippen molar-refractivity contribution < 1.29 is 9.90 Å². The predicted molar refractivity (Wildman–Crippen MR) is 100 cm³/mol. The largest absolute Gasteiger partial charge is 0.480 e. The van der Waals surface area contributed by atoms with Gasteiger partial charge < -0.3 is 5.11 Å². The fraction of sp³-hybridized carbons (Fsp3) is 0.316. The molecule has 0 aliphatic carbocycles. The maximum atomic E-state index is 13.3. The molecule has 3 rings (SSSR count). The van der Waals surface area contributed by atoms with Crippen LogP contribution in [0.15, 0.2) is 29.1 Å². The molecule has 0 aliphatic rings. The van der Waals surface area contributed by atoms with E-state index in [2.05, 4.69) is 0 Å². The first-order valence-corrected chi connectivity index (χ1v) is 8.80. The lowest BCUT2D eigenvalue weighted by Gasteiger charge is -2.25. The fourth-order valence-corrected chi connectivity index (χ4v) is 3.91. The summed E-state index contributed by atoms with van der Waals surface area (Å²) in [5.41, 5.74) is 0.890. The van der Waals surface area contributed by atoms with Crippen molar-refractivity contribution >= 4 is 27.5 Å². The van der Waals surface area contributed by atoms with Crippen molar-refractivity contribution in [3.63, 3.8) is 0 Å². The minimum Gasteiger partial charge on any atom is -0.480 e. The van der Waals surface area contributed by atoms with Crippen LogP contribution in [0.25, 0.3) is 21.6 Å². The Kier molecular flexibility index (Phi) is 4.03. The quantitative estimate of drug-likeness (QED) is 0.773. The Hall–Kier alpha value is -2.47. The van der Waals surface area contributed by atoms with Crippen LogP contribution >= 0.6 is 11.3 Å². The molecule has 0 fully saturated rings. The van der Waals surface area contributed by atoms with Crippen LogP contribution in [-0.4, -0.2) is 20.6 Å². The molecule has 1 N–H and O–H groups in total. The highest BCUT2D eigenvalue weighted by molar-refractivity contribution is 7.18. The van der Waals surface area contributed by atoms with Gasteiger partial charge in [0, 0.05) is 10.4 Å². The fourth-order valence-electron chi connectivity index (χ4n) is 2.89. The maximum absolute atomic E-state index is 13.3. The van der Waals surface area contributed by atoms with Gasteiger partial charge >= 0.3 is 5.97 Å². The first kappa shape index (κ1) is 17.4. The first-order valence-electron chi connectivity index (χ1n) is 7.98. The number of fused-ring (bicyclic) bond motifs is 1. The molecule has 0 radical (unpaired) electrons. The molecule has 0 aliphatic heterocycles. The van der Waals surface area contributed by atoms with Crippen molar-refractivity contribution in [2.75, 3.05) is 0 Å². The summed E-state index contributed by atoms with van der Waals surface area (Å²) in [6, 6.07) is 7.59. The van der Waals surface area contributed by atoms with E-state index in [-0.39, 0.29) is 5.56 Å². The maximum Gasteiger partial charge on any atom is 0.329 e. The number of benzene rings is 1. The topological polar surface area (TPSA) is 72.2 Å². The third kappa shape index (κ3) is 2.66. The van der Waals surface area contributed by atoms with Gasteiger partial charge in [0.15, 0.2) is 0 Å². The van der Waals surface area contributed by atoms with Gasteiger partial charge in [-0.25, -0.2) is 9.78 Å². The summed E-state index contributed by atoms with van der Waals surface area (Å²) in [6.07, 6.45) is 0. The molecule has 0 saturated carbocycles. The summed E-state index contributed by atoms with van der Waals surface area (Å²) in [7, 11) is 0. The van der Waals surface area contributed by atoms with Crippen molar-refractivity contribution in [2.24, 2.45) is 0 Å². The van der Waals surface area contributed by atoms with E-state index < -0.39 is 11.5 Å². The number of aryl methyl sites for hydroxylation is 3. The lowest BCUT2D eigenvalue weighted by atomic mass is 10.0. The molecular formula is C19H20N2O3S. The Balaban J connectivity index is 2.51. The molecule has 0 amide bonds. The van der Waals surface area contributed by atoms with Crippen LogP contribution in [0.5, 0.6) is 0 Å².